The number of amides is 4. The Morgan fingerprint density at radius 2 is 1.43 bits per heavy atom. The predicted octanol–water partition coefficient (Wildman–Crippen LogP) is 4.50. The highest BCUT2D eigenvalue weighted by atomic mass is 16.5. The van der Waals surface area contributed by atoms with Crippen LogP contribution in [0.3, 0.4) is 0 Å². The number of ether oxygens (including phenoxy) is 4. The van der Waals surface area contributed by atoms with E-state index in [0.717, 1.165) is 46.3 Å². The number of benzene rings is 2. The number of hydrogen-bond acceptors (Lipinski definition) is 10. The topological polar surface area (TPSA) is 202 Å². The Balaban J connectivity index is 0.987. The Bertz CT molecular complexity index is 2140. The van der Waals surface area contributed by atoms with E-state index in [0.29, 0.717) is 70.3 Å². The second-order valence-corrected chi connectivity index (χ2v) is 14.9. The Kier molecular flexibility index (Phi) is 12.9. The molecule has 7 rings (SSSR count). The zero-order valence-corrected chi connectivity index (χ0v) is 33.0. The number of rotatable bonds is 10. The highest BCUT2D eigenvalue weighted by molar-refractivity contribution is 5.87. The molecule has 4 aromatic rings. The molecule has 3 saturated heterocycles. The molecule has 0 aliphatic carbocycles. The molecule has 0 radical (unpaired) electrons. The Hall–Kier alpha value is -5.92. The van der Waals surface area contributed by atoms with Gasteiger partial charge in [-0.2, -0.15) is 0 Å². The molecular formula is C42H50N8O8. The van der Waals surface area contributed by atoms with Crippen molar-refractivity contribution in [3.05, 3.63) is 71.4 Å². The second kappa shape index (κ2) is 18.6. The summed E-state index contributed by atoms with van der Waals surface area (Å²) >= 11 is 0. The summed E-state index contributed by atoms with van der Waals surface area (Å²) < 4.78 is 20.6. The maximum atomic E-state index is 14.0. The van der Waals surface area contributed by atoms with Gasteiger partial charge < -0.3 is 49.8 Å². The van der Waals surface area contributed by atoms with Crippen LogP contribution in [-0.4, -0.2) is 108 Å². The largest absolute Gasteiger partial charge is 0.453 e. The number of H-pyrrole nitrogens is 2. The molecule has 2 aromatic carbocycles. The lowest BCUT2D eigenvalue weighted by Gasteiger charge is -2.34. The van der Waals surface area contributed by atoms with Gasteiger partial charge in [-0.25, -0.2) is 19.6 Å². The summed E-state index contributed by atoms with van der Waals surface area (Å²) in [5, 5.41) is 8.47. The number of aromatic nitrogens is 4. The van der Waals surface area contributed by atoms with Gasteiger partial charge in [-0.1, -0.05) is 24.0 Å². The van der Waals surface area contributed by atoms with Crippen molar-refractivity contribution in [3.8, 4) is 23.1 Å². The number of carbonyl (C=O) groups is 4. The SMILES string of the molecule is COC(=O)NC(C(=O)NC(C)c1ncc(-c2ccc(C#Cc3ccc4nc(C5CCCN5C(=O)C(NC(=O)OC)C5CCOCC5)[nH]c4c3)cc2)[nH]1)C1CCOCC1. The van der Waals surface area contributed by atoms with E-state index in [1.807, 2.05) is 54.3 Å². The number of likely N-dealkylation sites (tertiary alicyclic amines) is 1. The molecule has 306 valence electrons. The van der Waals surface area contributed by atoms with Crippen LogP contribution in [-0.2, 0) is 28.5 Å². The van der Waals surface area contributed by atoms with Crippen LogP contribution >= 0.6 is 0 Å². The Morgan fingerprint density at radius 1 is 0.810 bits per heavy atom. The van der Waals surface area contributed by atoms with Crippen molar-refractivity contribution in [3.63, 3.8) is 0 Å². The third-order valence-electron chi connectivity index (χ3n) is 11.2. The summed E-state index contributed by atoms with van der Waals surface area (Å²) in [5.74, 6) is 7.24. The molecule has 3 aliphatic heterocycles. The number of nitrogens with zero attached hydrogens (tertiary/aromatic N) is 3. The van der Waals surface area contributed by atoms with Gasteiger partial charge in [0.15, 0.2) is 0 Å². The number of methoxy groups -OCH3 is 2. The number of carbonyl (C=O) groups excluding carboxylic acids is 4. The summed E-state index contributed by atoms with van der Waals surface area (Å²) in [4.78, 5) is 69.5. The van der Waals surface area contributed by atoms with Crippen LogP contribution in [0.15, 0.2) is 48.7 Å². The van der Waals surface area contributed by atoms with Crippen LogP contribution in [0.5, 0.6) is 0 Å². The van der Waals surface area contributed by atoms with Crippen molar-refractivity contribution in [2.24, 2.45) is 11.8 Å². The van der Waals surface area contributed by atoms with E-state index in [-0.39, 0.29) is 29.7 Å². The Morgan fingerprint density at radius 3 is 2.10 bits per heavy atom. The smallest absolute Gasteiger partial charge is 0.407 e. The number of nitrogens with one attached hydrogen (secondary N) is 5. The first-order valence-corrected chi connectivity index (χ1v) is 19.8. The van der Waals surface area contributed by atoms with Crippen LogP contribution in [0, 0.1) is 23.7 Å². The molecule has 16 heteroatoms. The zero-order chi connectivity index (χ0) is 40.6. The fourth-order valence-electron chi connectivity index (χ4n) is 7.96. The minimum absolute atomic E-state index is 0.0382. The molecule has 3 fully saturated rings. The van der Waals surface area contributed by atoms with Crippen LogP contribution in [0.25, 0.3) is 22.3 Å². The molecule has 58 heavy (non-hydrogen) atoms. The van der Waals surface area contributed by atoms with E-state index in [1.165, 1.54) is 14.2 Å². The Labute approximate surface area is 336 Å². The lowest BCUT2D eigenvalue weighted by atomic mass is 9.90. The van der Waals surface area contributed by atoms with E-state index >= 15 is 0 Å². The third kappa shape index (κ3) is 9.43. The second-order valence-electron chi connectivity index (χ2n) is 14.9. The molecule has 0 spiro atoms. The highest BCUT2D eigenvalue weighted by Crippen LogP contribution is 2.34. The molecule has 4 atom stereocenters. The van der Waals surface area contributed by atoms with Gasteiger partial charge in [0.05, 0.1) is 49.2 Å². The van der Waals surface area contributed by atoms with Crippen LogP contribution in [0.1, 0.15) is 80.3 Å². The van der Waals surface area contributed by atoms with Crippen LogP contribution in [0.4, 0.5) is 9.59 Å². The molecule has 5 heterocycles. The van der Waals surface area contributed by atoms with Crippen molar-refractivity contribution >= 4 is 35.0 Å². The van der Waals surface area contributed by atoms with E-state index in [1.54, 1.807) is 6.20 Å². The summed E-state index contributed by atoms with van der Waals surface area (Å²) in [6.07, 6.45) is 4.71. The lowest BCUT2D eigenvalue weighted by molar-refractivity contribution is -0.136. The van der Waals surface area contributed by atoms with E-state index in [2.05, 4.69) is 42.7 Å². The fraction of sp³-hybridized carbons (Fsp3) is 0.476. The molecule has 4 unspecified atom stereocenters. The molecule has 5 N–H and O–H groups in total. The van der Waals surface area contributed by atoms with E-state index in [4.69, 9.17) is 23.9 Å². The third-order valence-corrected chi connectivity index (χ3v) is 11.2. The van der Waals surface area contributed by atoms with Gasteiger partial charge in [-0.3, -0.25) is 9.59 Å². The highest BCUT2D eigenvalue weighted by Gasteiger charge is 2.40. The number of fused-ring (bicyclic) bond motifs is 1. The van der Waals surface area contributed by atoms with Gasteiger partial charge in [0, 0.05) is 44.1 Å². The summed E-state index contributed by atoms with van der Waals surface area (Å²) in [7, 11) is 2.57. The van der Waals surface area contributed by atoms with Gasteiger partial charge >= 0.3 is 12.2 Å². The number of imidazole rings is 2. The summed E-state index contributed by atoms with van der Waals surface area (Å²) in [6, 6.07) is 11.5. The van der Waals surface area contributed by atoms with Crippen molar-refractivity contribution < 1.29 is 38.1 Å². The minimum Gasteiger partial charge on any atom is -0.453 e. The molecule has 16 nitrogen and oxygen atoms in total. The first-order valence-electron chi connectivity index (χ1n) is 19.8. The van der Waals surface area contributed by atoms with Gasteiger partial charge in [-0.15, -0.1) is 0 Å². The standard InChI is InChI=1S/C42H50N8O8/c1-25(44-39(51)35(48-41(53)55-2)29-14-19-57-20-15-29)37-43-24-33(47-37)28-11-8-26(9-12-28)6-7-27-10-13-31-32(23-27)46-38(45-31)34-5-4-18-50(34)40(52)36(49-42(54)56-3)30-16-21-58-22-17-30/h8-13,23-25,29-30,34-36H,4-5,14-22H2,1-3H3,(H,43,47)(H,44,51)(H,45,46)(H,48,53)(H,49,54). The molecule has 0 bridgehead atoms. The maximum Gasteiger partial charge on any atom is 0.407 e. The number of alkyl carbamates (subject to hydrolysis) is 2. The normalized spacial score (nSPS) is 19.0. The molecule has 3 aliphatic rings. The van der Waals surface area contributed by atoms with Crippen molar-refractivity contribution in [2.75, 3.05) is 47.2 Å². The maximum absolute atomic E-state index is 14.0. The van der Waals surface area contributed by atoms with E-state index < -0.39 is 30.3 Å². The molecule has 0 saturated carbocycles. The minimum atomic E-state index is -0.749. The summed E-state index contributed by atoms with van der Waals surface area (Å²) in [5.41, 5.74) is 4.93. The van der Waals surface area contributed by atoms with Crippen molar-refractivity contribution in [1.29, 1.82) is 0 Å². The lowest BCUT2D eigenvalue weighted by Crippen LogP contribution is -2.53. The number of hydrogen-bond donors (Lipinski definition) is 5. The van der Waals surface area contributed by atoms with Gasteiger partial charge in [0.1, 0.15) is 23.7 Å². The first-order chi connectivity index (χ1) is 28.2. The fourth-order valence-corrected chi connectivity index (χ4v) is 7.96. The van der Waals surface area contributed by atoms with Crippen LogP contribution < -0.4 is 16.0 Å². The monoisotopic (exact) mass is 794 g/mol. The van der Waals surface area contributed by atoms with Crippen LogP contribution in [0.2, 0.25) is 0 Å². The van der Waals surface area contributed by atoms with E-state index in [9.17, 15) is 19.2 Å². The average molecular weight is 795 g/mol. The van der Waals surface area contributed by atoms with Crippen molar-refractivity contribution in [1.82, 2.24) is 40.8 Å². The predicted molar refractivity (Wildman–Crippen MR) is 212 cm³/mol. The average Bonchev–Trinajstić information content (AvgIpc) is 4.05. The quantitative estimate of drug-likeness (QED) is 0.142. The zero-order valence-electron chi connectivity index (χ0n) is 33.0. The molecular weight excluding hydrogens is 745 g/mol. The molecule has 2 aromatic heterocycles. The number of aromatic amines is 2. The van der Waals surface area contributed by atoms with Gasteiger partial charge in [0.2, 0.25) is 11.8 Å². The molecule has 4 amide bonds. The van der Waals surface area contributed by atoms with Gasteiger partial charge in [-0.05, 0) is 93.2 Å². The first kappa shape index (κ1) is 40.3. The van der Waals surface area contributed by atoms with Gasteiger partial charge in [0.25, 0.3) is 0 Å². The summed E-state index contributed by atoms with van der Waals surface area (Å²) in [6.45, 7) is 4.58. The van der Waals surface area contributed by atoms with Crippen molar-refractivity contribution in [2.45, 2.75) is 69.6 Å².